The molecule has 5 rings (SSSR count). The molecule has 0 aliphatic carbocycles. The van der Waals surface area contributed by atoms with Gasteiger partial charge >= 0.3 is 0 Å². The van der Waals surface area contributed by atoms with Gasteiger partial charge in [-0.2, -0.15) is 0 Å². The Kier molecular flexibility index (Phi) is 4.15. The van der Waals surface area contributed by atoms with Crippen molar-refractivity contribution in [2.75, 3.05) is 0 Å². The third-order valence-electron chi connectivity index (χ3n) is 4.99. The molecular formula is C26H18N2. The van der Waals surface area contributed by atoms with Gasteiger partial charge in [0, 0.05) is 11.8 Å². The molecule has 0 spiro atoms. The fourth-order valence-corrected chi connectivity index (χ4v) is 3.68. The molecule has 0 atom stereocenters. The molecule has 5 aromatic rings. The monoisotopic (exact) mass is 358 g/mol. The van der Waals surface area contributed by atoms with Gasteiger partial charge in [0.1, 0.15) is 0 Å². The summed E-state index contributed by atoms with van der Waals surface area (Å²) in [5.41, 5.74) is 4.14. The molecule has 2 heteroatoms. The van der Waals surface area contributed by atoms with Crippen LogP contribution in [0.25, 0.3) is 32.7 Å². The van der Waals surface area contributed by atoms with Gasteiger partial charge in [-0.25, -0.2) is 0 Å². The molecule has 0 unspecified atom stereocenters. The van der Waals surface area contributed by atoms with Gasteiger partial charge in [0.25, 0.3) is 0 Å². The summed E-state index contributed by atoms with van der Waals surface area (Å²) in [7, 11) is 0. The molecule has 132 valence electrons. The van der Waals surface area contributed by atoms with E-state index in [-0.39, 0.29) is 0 Å². The average molecular weight is 358 g/mol. The summed E-state index contributed by atoms with van der Waals surface area (Å²) in [6, 6.07) is 33.5. The summed E-state index contributed by atoms with van der Waals surface area (Å²) in [5, 5.41) is 4.87. The molecule has 0 aliphatic heterocycles. The van der Waals surface area contributed by atoms with Crippen LogP contribution in [0.15, 0.2) is 108 Å². The zero-order valence-electron chi connectivity index (χ0n) is 15.3. The Morgan fingerprint density at radius 2 is 1.32 bits per heavy atom. The highest BCUT2D eigenvalue weighted by Gasteiger charge is 2.12. The van der Waals surface area contributed by atoms with Gasteiger partial charge in [0.05, 0.1) is 17.6 Å². The first-order valence-electron chi connectivity index (χ1n) is 9.35. The molecule has 0 aliphatic rings. The second kappa shape index (κ2) is 7.09. The third kappa shape index (κ3) is 2.95. The number of benzene rings is 4. The van der Waals surface area contributed by atoms with Crippen LogP contribution in [0.2, 0.25) is 0 Å². The van der Waals surface area contributed by atoms with E-state index in [1.807, 2.05) is 24.4 Å². The SMILES string of the molecule is C(=N\c1ccc2ccccc2c1-c1cccc2ccccc12)/c1ccccn1. The Labute approximate surface area is 163 Å². The van der Waals surface area contributed by atoms with Crippen molar-refractivity contribution in [1.29, 1.82) is 0 Å². The lowest BCUT2D eigenvalue weighted by Crippen LogP contribution is -1.88. The molecule has 0 bridgehead atoms. The smallest absolute Gasteiger partial charge is 0.0812 e. The highest BCUT2D eigenvalue weighted by Crippen LogP contribution is 2.40. The maximum Gasteiger partial charge on any atom is 0.0812 e. The van der Waals surface area contributed by atoms with Crippen LogP contribution in [0.1, 0.15) is 5.69 Å². The van der Waals surface area contributed by atoms with E-state index in [0.29, 0.717) is 0 Å². The lowest BCUT2D eigenvalue weighted by molar-refractivity contribution is 1.30. The van der Waals surface area contributed by atoms with Crippen molar-refractivity contribution in [2.45, 2.75) is 0 Å². The second-order valence-corrected chi connectivity index (χ2v) is 6.72. The quantitative estimate of drug-likeness (QED) is 0.325. The first kappa shape index (κ1) is 16.4. The van der Waals surface area contributed by atoms with Crippen molar-refractivity contribution in [3.63, 3.8) is 0 Å². The summed E-state index contributed by atoms with van der Waals surface area (Å²) in [4.78, 5) is 9.18. The van der Waals surface area contributed by atoms with Crippen molar-refractivity contribution in [1.82, 2.24) is 4.98 Å². The Morgan fingerprint density at radius 1 is 0.607 bits per heavy atom. The predicted octanol–water partition coefficient (Wildman–Crippen LogP) is 6.81. The summed E-state index contributed by atoms with van der Waals surface area (Å²) in [6.07, 6.45) is 3.62. The van der Waals surface area contributed by atoms with Crippen molar-refractivity contribution in [3.05, 3.63) is 109 Å². The molecule has 0 N–H and O–H groups in total. The largest absolute Gasteiger partial charge is 0.255 e. The summed E-state index contributed by atoms with van der Waals surface area (Å²) >= 11 is 0. The zero-order chi connectivity index (χ0) is 18.8. The van der Waals surface area contributed by atoms with E-state index < -0.39 is 0 Å². The van der Waals surface area contributed by atoms with Crippen LogP contribution < -0.4 is 0 Å². The Bertz CT molecular complexity index is 1300. The topological polar surface area (TPSA) is 25.2 Å². The lowest BCUT2D eigenvalue weighted by Gasteiger charge is -2.13. The van der Waals surface area contributed by atoms with Gasteiger partial charge in [-0.1, -0.05) is 78.9 Å². The van der Waals surface area contributed by atoms with Crippen molar-refractivity contribution < 1.29 is 0 Å². The summed E-state index contributed by atoms with van der Waals surface area (Å²) in [5.74, 6) is 0. The molecular weight excluding hydrogens is 340 g/mol. The van der Waals surface area contributed by atoms with E-state index in [4.69, 9.17) is 4.99 Å². The van der Waals surface area contributed by atoms with Gasteiger partial charge in [0.15, 0.2) is 0 Å². The van der Waals surface area contributed by atoms with Gasteiger partial charge < -0.3 is 0 Å². The average Bonchev–Trinajstić information content (AvgIpc) is 2.77. The molecule has 1 aromatic heterocycles. The Balaban J connectivity index is 1.79. The minimum Gasteiger partial charge on any atom is -0.255 e. The van der Waals surface area contributed by atoms with Gasteiger partial charge in [0.2, 0.25) is 0 Å². The van der Waals surface area contributed by atoms with Gasteiger partial charge in [-0.3, -0.25) is 9.98 Å². The van der Waals surface area contributed by atoms with Crippen LogP contribution in [0, 0.1) is 0 Å². The number of hydrogen-bond acceptors (Lipinski definition) is 2. The van der Waals surface area contributed by atoms with Crippen LogP contribution in [-0.4, -0.2) is 11.2 Å². The molecule has 0 amide bonds. The van der Waals surface area contributed by atoms with Gasteiger partial charge in [-0.05, 0) is 45.3 Å². The maximum atomic E-state index is 4.82. The van der Waals surface area contributed by atoms with Crippen LogP contribution >= 0.6 is 0 Å². The van der Waals surface area contributed by atoms with E-state index >= 15 is 0 Å². The number of hydrogen-bond donors (Lipinski definition) is 0. The van der Waals surface area contributed by atoms with E-state index in [9.17, 15) is 0 Å². The zero-order valence-corrected chi connectivity index (χ0v) is 15.3. The fourth-order valence-electron chi connectivity index (χ4n) is 3.68. The molecule has 1 heterocycles. The molecule has 2 nitrogen and oxygen atoms in total. The third-order valence-corrected chi connectivity index (χ3v) is 4.99. The molecule has 0 fully saturated rings. The van der Waals surface area contributed by atoms with Crippen LogP contribution in [-0.2, 0) is 0 Å². The van der Waals surface area contributed by atoms with Crippen LogP contribution in [0.3, 0.4) is 0 Å². The number of aromatic nitrogens is 1. The normalized spacial score (nSPS) is 11.4. The van der Waals surface area contributed by atoms with E-state index in [0.717, 1.165) is 16.9 Å². The Hall–Kier alpha value is -3.78. The predicted molar refractivity (Wildman–Crippen MR) is 118 cm³/mol. The van der Waals surface area contributed by atoms with Crippen LogP contribution in [0.5, 0.6) is 0 Å². The Morgan fingerprint density at radius 3 is 2.14 bits per heavy atom. The first-order valence-corrected chi connectivity index (χ1v) is 9.35. The fraction of sp³-hybridized carbons (Fsp3) is 0. The minimum absolute atomic E-state index is 0.847. The van der Waals surface area contributed by atoms with E-state index in [1.54, 1.807) is 6.20 Å². The number of rotatable bonds is 3. The first-order chi connectivity index (χ1) is 13.9. The molecule has 28 heavy (non-hydrogen) atoms. The summed E-state index contributed by atoms with van der Waals surface area (Å²) < 4.78 is 0. The standard InChI is InChI=1S/C26H18N2/c1-3-12-22-19(8-1)10-7-14-24(22)26-23-13-4-2-9-20(23)15-16-25(26)28-18-21-11-5-6-17-27-21/h1-18H/b28-18+. The number of nitrogens with zero attached hydrogens (tertiary/aromatic N) is 2. The highest BCUT2D eigenvalue weighted by atomic mass is 14.8. The number of fused-ring (bicyclic) bond motifs is 2. The van der Waals surface area contributed by atoms with E-state index in [2.05, 4.69) is 83.8 Å². The highest BCUT2D eigenvalue weighted by molar-refractivity contribution is 6.09. The number of aliphatic imine (C=N–C) groups is 1. The van der Waals surface area contributed by atoms with E-state index in [1.165, 1.54) is 27.1 Å². The minimum atomic E-state index is 0.847. The van der Waals surface area contributed by atoms with Crippen molar-refractivity contribution in [2.24, 2.45) is 4.99 Å². The van der Waals surface area contributed by atoms with Crippen molar-refractivity contribution in [3.8, 4) is 11.1 Å². The van der Waals surface area contributed by atoms with Crippen LogP contribution in [0.4, 0.5) is 5.69 Å². The molecule has 0 saturated heterocycles. The van der Waals surface area contributed by atoms with Crippen molar-refractivity contribution >= 4 is 33.4 Å². The summed E-state index contributed by atoms with van der Waals surface area (Å²) in [6.45, 7) is 0. The maximum absolute atomic E-state index is 4.82. The molecule has 0 saturated carbocycles. The number of pyridine rings is 1. The second-order valence-electron chi connectivity index (χ2n) is 6.72. The lowest BCUT2D eigenvalue weighted by atomic mass is 9.92. The molecule has 4 aromatic carbocycles. The van der Waals surface area contributed by atoms with Gasteiger partial charge in [-0.15, -0.1) is 0 Å². The molecule has 0 radical (unpaired) electrons.